The predicted molar refractivity (Wildman–Crippen MR) is 86.7 cm³/mol. The molecule has 4 nitrogen and oxygen atoms in total. The maximum atomic E-state index is 12.6. The highest BCUT2D eigenvalue weighted by Gasteiger charge is 2.28. The van der Waals surface area contributed by atoms with Crippen molar-refractivity contribution in [3.05, 3.63) is 28.8 Å². The van der Waals surface area contributed by atoms with E-state index in [-0.39, 0.29) is 20.9 Å². The summed E-state index contributed by atoms with van der Waals surface area (Å²) in [5.41, 5.74) is 6.06. The number of nitrogens with zero attached hydrogens (tertiary/aromatic N) is 1. The zero-order chi connectivity index (χ0) is 15.5. The van der Waals surface area contributed by atoms with Crippen molar-refractivity contribution in [2.75, 3.05) is 7.05 Å². The molecule has 0 atom stereocenters. The first-order valence-electron chi connectivity index (χ1n) is 6.33. The highest BCUT2D eigenvalue weighted by Crippen LogP contribution is 2.27. The van der Waals surface area contributed by atoms with Gasteiger partial charge in [0, 0.05) is 18.7 Å². The Kier molecular flexibility index (Phi) is 5.94. The van der Waals surface area contributed by atoms with E-state index in [0.29, 0.717) is 5.56 Å². The zero-order valence-electron chi connectivity index (χ0n) is 11.8. The van der Waals surface area contributed by atoms with Crippen LogP contribution in [0.5, 0.6) is 0 Å². The van der Waals surface area contributed by atoms with Gasteiger partial charge in [0.25, 0.3) is 0 Å². The van der Waals surface area contributed by atoms with Crippen LogP contribution < -0.4 is 5.73 Å². The molecule has 112 valence electrons. The number of halogens is 1. The Hall–Kier alpha value is -0.690. The summed E-state index contributed by atoms with van der Waals surface area (Å²) in [6, 6.07) is 4.45. The molecule has 0 saturated carbocycles. The normalized spacial score (nSPS) is 12.1. The first kappa shape index (κ1) is 17.4. The molecule has 0 spiro atoms. The van der Waals surface area contributed by atoms with E-state index in [0.717, 1.165) is 12.8 Å². The number of hydrogen-bond acceptors (Lipinski definition) is 3. The van der Waals surface area contributed by atoms with Gasteiger partial charge in [0.1, 0.15) is 9.88 Å². The van der Waals surface area contributed by atoms with Gasteiger partial charge in [-0.15, -0.1) is 0 Å². The number of thiocarbonyl (C=S) groups is 1. The number of nitrogens with two attached hydrogens (primary N) is 1. The third-order valence-electron chi connectivity index (χ3n) is 3.33. The van der Waals surface area contributed by atoms with Crippen molar-refractivity contribution in [1.29, 1.82) is 0 Å². The van der Waals surface area contributed by atoms with E-state index >= 15 is 0 Å². The van der Waals surface area contributed by atoms with E-state index in [1.807, 2.05) is 13.8 Å². The zero-order valence-corrected chi connectivity index (χ0v) is 14.1. The third kappa shape index (κ3) is 3.49. The molecule has 2 N–H and O–H groups in total. The Morgan fingerprint density at radius 3 is 2.35 bits per heavy atom. The van der Waals surface area contributed by atoms with E-state index in [1.165, 1.54) is 16.4 Å². The van der Waals surface area contributed by atoms with E-state index < -0.39 is 10.0 Å². The summed E-state index contributed by atoms with van der Waals surface area (Å²) in [7, 11) is -2.04. The summed E-state index contributed by atoms with van der Waals surface area (Å²) in [6.45, 7) is 3.91. The van der Waals surface area contributed by atoms with Crippen LogP contribution in [0.15, 0.2) is 23.1 Å². The molecule has 1 aromatic carbocycles. The van der Waals surface area contributed by atoms with E-state index in [9.17, 15) is 8.42 Å². The quantitative estimate of drug-likeness (QED) is 0.812. The lowest BCUT2D eigenvalue weighted by atomic mass is 10.2. The molecule has 0 fully saturated rings. The molecule has 0 aliphatic heterocycles. The van der Waals surface area contributed by atoms with Crippen molar-refractivity contribution < 1.29 is 8.42 Å². The molecule has 1 aromatic rings. The van der Waals surface area contributed by atoms with Gasteiger partial charge in [0.2, 0.25) is 10.0 Å². The van der Waals surface area contributed by atoms with Crippen molar-refractivity contribution in [2.24, 2.45) is 5.73 Å². The Balaban J connectivity index is 3.26. The molecule has 0 amide bonds. The van der Waals surface area contributed by atoms with Gasteiger partial charge in [-0.25, -0.2) is 8.42 Å². The Bertz CT molecular complexity index is 598. The van der Waals surface area contributed by atoms with Crippen LogP contribution in [0.3, 0.4) is 0 Å². The molecule has 0 saturated heterocycles. The Labute approximate surface area is 131 Å². The monoisotopic (exact) mass is 334 g/mol. The summed E-state index contributed by atoms with van der Waals surface area (Å²) in [5, 5.41) is 0.133. The van der Waals surface area contributed by atoms with Crippen LogP contribution in [-0.4, -0.2) is 30.8 Å². The van der Waals surface area contributed by atoms with Gasteiger partial charge in [-0.1, -0.05) is 43.7 Å². The molecule has 0 bridgehead atoms. The van der Waals surface area contributed by atoms with E-state index in [1.54, 1.807) is 13.1 Å². The molecule has 0 aliphatic carbocycles. The van der Waals surface area contributed by atoms with Gasteiger partial charge in [-0.2, -0.15) is 4.31 Å². The first-order valence-corrected chi connectivity index (χ1v) is 8.55. The summed E-state index contributed by atoms with van der Waals surface area (Å²) >= 11 is 10.9. The standard InChI is InChI=1S/C13H19ClN2O2S2/c1-4-10(5-2)16(3)20(17,18)12-7-6-9(13(15)19)8-11(12)14/h6-8,10H,4-5H2,1-3H3,(H2,15,19). The van der Waals surface area contributed by atoms with Crippen LogP contribution in [0.1, 0.15) is 32.3 Å². The lowest BCUT2D eigenvalue weighted by Crippen LogP contribution is -2.36. The fraction of sp³-hybridized carbons (Fsp3) is 0.462. The van der Waals surface area contributed by atoms with Crippen molar-refractivity contribution in [3.8, 4) is 0 Å². The predicted octanol–water partition coefficient (Wildman–Crippen LogP) is 2.78. The maximum Gasteiger partial charge on any atom is 0.244 e. The van der Waals surface area contributed by atoms with E-state index in [2.05, 4.69) is 0 Å². The number of hydrogen-bond donors (Lipinski definition) is 1. The minimum atomic E-state index is -3.62. The summed E-state index contributed by atoms with van der Waals surface area (Å²) in [4.78, 5) is 0.262. The number of rotatable bonds is 6. The first-order chi connectivity index (χ1) is 9.25. The van der Waals surface area contributed by atoms with Crippen molar-refractivity contribution >= 4 is 38.8 Å². The van der Waals surface area contributed by atoms with Crippen LogP contribution in [-0.2, 0) is 10.0 Å². The Morgan fingerprint density at radius 1 is 1.40 bits per heavy atom. The van der Waals surface area contributed by atoms with Crippen molar-refractivity contribution in [2.45, 2.75) is 37.6 Å². The number of sulfonamides is 1. The molecular weight excluding hydrogens is 316 g/mol. The second-order valence-corrected chi connectivity index (χ2v) is 7.31. The van der Waals surface area contributed by atoms with Gasteiger partial charge >= 0.3 is 0 Å². The highest BCUT2D eigenvalue weighted by atomic mass is 35.5. The molecule has 0 unspecified atom stereocenters. The molecular formula is C13H19ClN2O2S2. The molecule has 7 heteroatoms. The van der Waals surface area contributed by atoms with Gasteiger partial charge in [-0.05, 0) is 25.0 Å². The van der Waals surface area contributed by atoms with Crippen molar-refractivity contribution in [3.63, 3.8) is 0 Å². The molecule has 1 rings (SSSR count). The summed E-state index contributed by atoms with van der Waals surface area (Å²) in [6.07, 6.45) is 1.49. The number of benzene rings is 1. The molecule has 0 aromatic heterocycles. The third-order valence-corrected chi connectivity index (χ3v) is 5.96. The topological polar surface area (TPSA) is 63.4 Å². The van der Waals surface area contributed by atoms with Crippen LogP contribution in [0.25, 0.3) is 0 Å². The lowest BCUT2D eigenvalue weighted by Gasteiger charge is -2.26. The minimum Gasteiger partial charge on any atom is -0.389 e. The molecule has 20 heavy (non-hydrogen) atoms. The van der Waals surface area contributed by atoms with Gasteiger partial charge in [-0.3, -0.25) is 0 Å². The molecule has 0 radical (unpaired) electrons. The van der Waals surface area contributed by atoms with Crippen LogP contribution in [0.4, 0.5) is 0 Å². The summed E-state index contributed by atoms with van der Waals surface area (Å²) in [5.74, 6) is 0. The van der Waals surface area contributed by atoms with Crippen molar-refractivity contribution in [1.82, 2.24) is 4.31 Å². The van der Waals surface area contributed by atoms with Gasteiger partial charge in [0.15, 0.2) is 0 Å². The van der Waals surface area contributed by atoms with E-state index in [4.69, 9.17) is 29.6 Å². The highest BCUT2D eigenvalue weighted by molar-refractivity contribution is 7.89. The maximum absolute atomic E-state index is 12.6. The van der Waals surface area contributed by atoms with Crippen LogP contribution in [0.2, 0.25) is 5.02 Å². The average molecular weight is 335 g/mol. The molecule has 0 aliphatic rings. The van der Waals surface area contributed by atoms with Crippen LogP contribution in [0, 0.1) is 0 Å². The smallest absolute Gasteiger partial charge is 0.244 e. The minimum absolute atomic E-state index is 0.0497. The summed E-state index contributed by atoms with van der Waals surface area (Å²) < 4.78 is 26.5. The fourth-order valence-corrected chi connectivity index (χ4v) is 4.16. The largest absolute Gasteiger partial charge is 0.389 e. The molecule has 0 heterocycles. The van der Waals surface area contributed by atoms with Gasteiger partial charge in [0.05, 0.1) is 5.02 Å². The second kappa shape index (κ2) is 6.85. The second-order valence-electron chi connectivity index (χ2n) is 4.50. The van der Waals surface area contributed by atoms with Gasteiger partial charge < -0.3 is 5.73 Å². The van der Waals surface area contributed by atoms with Crippen LogP contribution >= 0.6 is 23.8 Å². The fourth-order valence-electron chi connectivity index (χ4n) is 2.02. The lowest BCUT2D eigenvalue weighted by molar-refractivity contribution is 0.350. The average Bonchev–Trinajstić information content (AvgIpc) is 2.39. The Morgan fingerprint density at radius 2 is 1.95 bits per heavy atom. The SMILES string of the molecule is CCC(CC)N(C)S(=O)(=O)c1ccc(C(N)=S)cc1Cl.